The number of hydrogen-bond donors (Lipinski definition) is 2. The average Bonchev–Trinajstić information content (AvgIpc) is 1.58. The summed E-state index contributed by atoms with van der Waals surface area (Å²) in [7, 11) is 0. The van der Waals surface area contributed by atoms with E-state index in [0.29, 0.717) is 35.7 Å². The highest BCUT2D eigenvalue weighted by Crippen LogP contribution is 2.51. The van der Waals surface area contributed by atoms with E-state index in [1.165, 1.54) is 34.1 Å². The molecule has 8 fully saturated rings. The molecule has 10 aliphatic heterocycles. The normalized spacial score (nSPS) is 27.5. The van der Waals surface area contributed by atoms with Gasteiger partial charge in [-0.2, -0.15) is 9.78 Å². The van der Waals surface area contributed by atoms with Crippen LogP contribution in [0.4, 0.5) is 0 Å². The van der Waals surface area contributed by atoms with Crippen molar-refractivity contribution in [1.82, 2.24) is 14.7 Å². The number of nitrogens with zero attached hydrogens (tertiary/aromatic N) is 6. The van der Waals surface area contributed by atoms with Crippen molar-refractivity contribution in [1.29, 1.82) is 0 Å². The van der Waals surface area contributed by atoms with Gasteiger partial charge in [-0.15, -0.1) is 13.2 Å². The number of quaternary nitrogens is 3. The third kappa shape index (κ3) is 16.5. The minimum Gasteiger partial charge on any atom is -0.488 e. The van der Waals surface area contributed by atoms with E-state index < -0.39 is 59.6 Å². The van der Waals surface area contributed by atoms with E-state index in [-0.39, 0.29) is 86.5 Å². The summed E-state index contributed by atoms with van der Waals surface area (Å²) >= 11 is 6.72. The van der Waals surface area contributed by atoms with Gasteiger partial charge in [-0.3, -0.25) is 33.9 Å². The number of nitrogens with two attached hydrogens (primary N) is 2. The predicted molar refractivity (Wildman–Crippen MR) is 366 cm³/mol. The number of esters is 2. The standard InChI is InChI=1S/C33H42IN4O8.C25H27I2NO7.C8H15N3O/c1-5-15-43-33(42)30-24(21(3)29-28(31(40)36(29)30)22(4)32(41)46-45-16-6-2)20-44-26-17-23(7-8-25(26)34)18-37-9-12-38(13-10-37,14-11-37)19-27(35)39;1-5-9-32-25(31)22-17(13-33-19-11-16(12-26)7-8-18(19)27)14(3)21-20(23(29)28(21)22)15(4)24(30)35-34-10-6-2;9-8(12)7-11-4-1-10(2-5-11)3-6-11/h5-8,17,21-22,28-29H,1-2,9-16,18-20H2,3-4H3,(H-,35,39);5-8,11,14-15,20-21H,1-2,9-10,12-13H2,3-4H3;1-7H2,(H-,9,12)/q+1;;/p+2/t21-,22?,28?,29?,37?,38?;14-,15?,20?,21?;/m00./s1. The summed E-state index contributed by atoms with van der Waals surface area (Å²) in [6.07, 6.45) is 5.82. The molecule has 4 bridgehead atoms. The van der Waals surface area contributed by atoms with Gasteiger partial charge in [0.05, 0.1) is 62.5 Å². The topological polar surface area (TPSA) is 272 Å². The number of alkyl halides is 1. The summed E-state index contributed by atoms with van der Waals surface area (Å²) in [5.41, 5.74) is 14.7. The zero-order chi connectivity index (χ0) is 67.5. The van der Waals surface area contributed by atoms with Crippen molar-refractivity contribution in [2.75, 3.05) is 131 Å². The Morgan fingerprint density at radius 1 is 0.581 bits per heavy atom. The number of fused-ring (bicyclic) bond motifs is 8. The van der Waals surface area contributed by atoms with E-state index in [1.807, 2.05) is 38.1 Å². The fourth-order valence-corrected chi connectivity index (χ4v) is 15.5. The lowest BCUT2D eigenvalue weighted by Gasteiger charge is -2.55. The van der Waals surface area contributed by atoms with Crippen molar-refractivity contribution < 1.29 is 90.3 Å². The zero-order valence-corrected chi connectivity index (χ0v) is 59.8. The number of primary amides is 2. The van der Waals surface area contributed by atoms with Gasteiger partial charge in [-0.25, -0.2) is 19.2 Å². The maximum atomic E-state index is 13.4. The molecule has 10 heterocycles. The Labute approximate surface area is 584 Å². The molecular weight excluding hydrogens is 1540 g/mol. The van der Waals surface area contributed by atoms with Crippen LogP contribution in [0.1, 0.15) is 38.8 Å². The van der Waals surface area contributed by atoms with Gasteiger partial charge >= 0.3 is 23.9 Å². The van der Waals surface area contributed by atoms with Gasteiger partial charge in [0, 0.05) is 52.6 Å². The van der Waals surface area contributed by atoms with E-state index in [9.17, 15) is 38.4 Å². The van der Waals surface area contributed by atoms with E-state index in [4.69, 9.17) is 50.0 Å². The van der Waals surface area contributed by atoms with Crippen LogP contribution in [-0.2, 0) is 78.4 Å². The fraction of sp³-hybridized carbons (Fsp3) is 0.515. The van der Waals surface area contributed by atoms with Crippen molar-refractivity contribution in [2.45, 2.75) is 50.8 Å². The SMILES string of the molecule is C=CCOOC(=O)C(C)C1C(=O)N2C(C(=O)OCC=C)=C(COc3cc(CI)ccc3I)[C@H](C)C12.C=CCOOC(=O)C(C)C1C(=O)N2C(C(=O)OCC=C)=C(COc3cc(C[N+]45CC[N+](CC(N)=O)(CC4)CC5)ccc3I)[C@H](C)C12.NC(=O)C[N+]12CCN(CC1)CC2. The van der Waals surface area contributed by atoms with Crippen LogP contribution < -0.4 is 20.9 Å². The lowest BCUT2D eigenvalue weighted by molar-refractivity contribution is -1.08. The van der Waals surface area contributed by atoms with Gasteiger partial charge in [0.15, 0.2) is 13.1 Å². The smallest absolute Gasteiger partial charge is 0.355 e. The number of rotatable bonds is 29. The molecule has 12 rings (SSSR count). The monoisotopic (exact) mass is 1630 g/mol. The van der Waals surface area contributed by atoms with E-state index in [0.717, 1.165) is 121 Å². The molecule has 8 atom stereocenters. The van der Waals surface area contributed by atoms with Gasteiger partial charge in [0.2, 0.25) is 11.8 Å². The molecular formula is C66H86I3N8O16+3. The molecule has 0 aliphatic carbocycles. The van der Waals surface area contributed by atoms with Crippen molar-refractivity contribution in [3.05, 3.63) is 128 Å². The second-order valence-electron chi connectivity index (χ2n) is 25.1. The minimum absolute atomic E-state index is 0.00712. The van der Waals surface area contributed by atoms with Gasteiger partial charge in [-0.05, 0) is 75.0 Å². The average molecular weight is 1630 g/mol. The van der Waals surface area contributed by atoms with E-state index in [2.05, 4.69) is 111 Å². The van der Waals surface area contributed by atoms with Crippen LogP contribution in [0.15, 0.2) is 110 Å². The first-order chi connectivity index (χ1) is 44.4. The molecule has 504 valence electrons. The van der Waals surface area contributed by atoms with Crippen LogP contribution >= 0.6 is 67.8 Å². The van der Waals surface area contributed by atoms with Crippen LogP contribution in [-0.4, -0.2) is 219 Å². The summed E-state index contributed by atoms with van der Waals surface area (Å²) in [5, 5.41) is 0. The molecule has 0 spiro atoms. The Morgan fingerprint density at radius 3 is 1.34 bits per heavy atom. The second-order valence-corrected chi connectivity index (χ2v) is 28.2. The third-order valence-corrected chi connectivity index (χ3v) is 22.0. The molecule has 24 nitrogen and oxygen atoms in total. The van der Waals surface area contributed by atoms with Gasteiger partial charge in [-0.1, -0.05) is 99.9 Å². The first-order valence-corrected chi connectivity index (χ1v) is 34.9. The molecule has 93 heavy (non-hydrogen) atoms. The lowest BCUT2D eigenvalue weighted by atomic mass is 9.74. The van der Waals surface area contributed by atoms with Crippen LogP contribution in [0.2, 0.25) is 0 Å². The lowest BCUT2D eigenvalue weighted by Crippen LogP contribution is -2.75. The highest BCUT2D eigenvalue weighted by atomic mass is 127. The Morgan fingerprint density at radius 2 is 0.957 bits per heavy atom. The van der Waals surface area contributed by atoms with E-state index in [1.54, 1.807) is 13.8 Å². The Kier molecular flexibility index (Phi) is 25.3. The molecule has 0 aromatic heterocycles. The molecule has 4 N–H and O–H groups in total. The minimum atomic E-state index is -0.791. The number of piperazine rings is 6. The number of benzene rings is 2. The summed E-state index contributed by atoms with van der Waals surface area (Å²) in [5.74, 6) is -5.67. The summed E-state index contributed by atoms with van der Waals surface area (Å²) in [4.78, 5) is 125. The maximum Gasteiger partial charge on any atom is 0.355 e. The first kappa shape index (κ1) is 73.0. The van der Waals surface area contributed by atoms with Crippen LogP contribution in [0, 0.1) is 42.6 Å². The summed E-state index contributed by atoms with van der Waals surface area (Å²) in [6, 6.07) is 11.4. The largest absolute Gasteiger partial charge is 0.488 e. The fourth-order valence-electron chi connectivity index (χ4n) is 14.1. The predicted octanol–water partition coefficient (Wildman–Crippen LogP) is 5.05. The van der Waals surface area contributed by atoms with Crippen molar-refractivity contribution in [2.24, 2.45) is 47.0 Å². The second kappa shape index (κ2) is 32.3. The van der Waals surface area contributed by atoms with Crippen molar-refractivity contribution in [3.8, 4) is 11.5 Å². The molecule has 2 aromatic rings. The molecule has 10 aliphatic rings. The van der Waals surface area contributed by atoms with Gasteiger partial charge in [0.1, 0.15) is 108 Å². The maximum absolute atomic E-state index is 13.4. The molecule has 0 radical (unpaired) electrons. The quantitative estimate of drug-likeness (QED) is 0.0124. The molecule has 6 unspecified atom stereocenters. The highest BCUT2D eigenvalue weighted by Gasteiger charge is 2.63. The highest BCUT2D eigenvalue weighted by molar-refractivity contribution is 14.1. The van der Waals surface area contributed by atoms with Crippen molar-refractivity contribution in [3.63, 3.8) is 0 Å². The third-order valence-electron chi connectivity index (χ3n) is 19.3. The Hall–Kier alpha value is -5.81. The zero-order valence-electron chi connectivity index (χ0n) is 53.3. The van der Waals surface area contributed by atoms with E-state index >= 15 is 0 Å². The Bertz CT molecular complexity index is 3260. The van der Waals surface area contributed by atoms with Gasteiger partial charge < -0.3 is 53.7 Å². The number of carbonyl (C=O) groups is 8. The molecule has 27 heteroatoms. The number of hydrogen-bond acceptors (Lipinski definition) is 17. The van der Waals surface area contributed by atoms with Crippen LogP contribution in [0.25, 0.3) is 0 Å². The number of β-lactam (4-membered cyclic amide) rings is 2. The Balaban J connectivity index is 0.000000207. The number of halogens is 3. The van der Waals surface area contributed by atoms with Gasteiger partial charge in [0.25, 0.3) is 11.8 Å². The van der Waals surface area contributed by atoms with Crippen LogP contribution in [0.5, 0.6) is 11.5 Å². The first-order valence-electron chi connectivity index (χ1n) is 31.2. The van der Waals surface area contributed by atoms with Crippen LogP contribution in [0.3, 0.4) is 0 Å². The summed E-state index contributed by atoms with van der Waals surface area (Å²) in [6.45, 7) is 36.0. The number of ether oxygens (including phenoxy) is 4. The molecule has 4 amide bonds. The number of carbonyl (C=O) groups excluding carboxylic acids is 8. The van der Waals surface area contributed by atoms with Crippen molar-refractivity contribution >= 4 is 115 Å². The molecule has 2 aromatic carbocycles. The summed E-state index contributed by atoms with van der Waals surface area (Å²) < 4.78 is 28.6. The number of amides is 4. The molecule has 8 saturated heterocycles. The molecule has 0 saturated carbocycles.